The topological polar surface area (TPSA) is 89.0 Å². The van der Waals surface area contributed by atoms with Gasteiger partial charge in [0.2, 0.25) is 0 Å². The van der Waals surface area contributed by atoms with Crippen molar-refractivity contribution in [2.75, 3.05) is 13.7 Å². The van der Waals surface area contributed by atoms with Crippen molar-refractivity contribution in [3.8, 4) is 11.5 Å². The Morgan fingerprint density at radius 3 is 2.72 bits per heavy atom. The van der Waals surface area contributed by atoms with Crippen molar-refractivity contribution in [3.05, 3.63) is 36.4 Å². The molecule has 0 heterocycles. The number of benzene rings is 1. The normalized spacial score (nSPS) is 14.3. The Hall–Kier alpha value is -2.83. The van der Waals surface area contributed by atoms with Crippen LogP contribution in [0.1, 0.15) is 31.2 Å². The molecule has 25 heavy (non-hydrogen) atoms. The number of rotatable bonds is 7. The van der Waals surface area contributed by atoms with Crippen LogP contribution in [0.5, 0.6) is 11.5 Å². The van der Waals surface area contributed by atoms with Gasteiger partial charge in [-0.3, -0.25) is 9.59 Å². The van der Waals surface area contributed by atoms with Crippen LogP contribution in [-0.2, 0) is 9.59 Å². The van der Waals surface area contributed by atoms with E-state index >= 15 is 0 Å². The molecular weight excluding hydrogens is 322 g/mol. The maximum Gasteiger partial charge on any atom is 0.329 e. The van der Waals surface area contributed by atoms with E-state index in [2.05, 4.69) is 22.4 Å². The predicted molar refractivity (Wildman–Crippen MR) is 94.8 cm³/mol. The highest BCUT2D eigenvalue weighted by atomic mass is 16.5. The van der Waals surface area contributed by atoms with E-state index in [1.807, 2.05) is 0 Å². The van der Waals surface area contributed by atoms with E-state index in [0.717, 1.165) is 25.7 Å². The zero-order chi connectivity index (χ0) is 18.1. The number of nitrogens with zero attached hydrogens (tertiary/aromatic N) is 1. The average molecular weight is 345 g/mol. The standard InChI is InChI=1S/C18H23N3O4/c1-3-10-25-15-9-8-13(11-16(15)24-2)12-19-21-18(23)17(22)20-14-6-4-5-7-14/h3,8-9,11-12,14H,1,4-7,10H2,2H3,(H,20,22)(H,21,23). The van der Waals surface area contributed by atoms with Crippen molar-refractivity contribution in [2.24, 2.45) is 5.10 Å². The lowest BCUT2D eigenvalue weighted by molar-refractivity contribution is -0.139. The average Bonchev–Trinajstić information content (AvgIpc) is 3.13. The van der Waals surface area contributed by atoms with Crippen molar-refractivity contribution in [3.63, 3.8) is 0 Å². The number of methoxy groups -OCH3 is 1. The van der Waals surface area contributed by atoms with Gasteiger partial charge in [-0.05, 0) is 36.6 Å². The third-order valence-electron chi connectivity index (χ3n) is 3.82. The summed E-state index contributed by atoms with van der Waals surface area (Å²) in [6.45, 7) is 3.96. The van der Waals surface area contributed by atoms with Gasteiger partial charge in [0.15, 0.2) is 11.5 Å². The minimum atomic E-state index is -0.777. The number of carbonyl (C=O) groups is 2. The number of carbonyl (C=O) groups excluding carboxylic acids is 2. The molecule has 0 aliphatic heterocycles. The van der Waals surface area contributed by atoms with E-state index in [4.69, 9.17) is 9.47 Å². The van der Waals surface area contributed by atoms with Crippen LogP contribution in [0.2, 0.25) is 0 Å². The molecule has 0 saturated heterocycles. The molecule has 7 nitrogen and oxygen atoms in total. The third kappa shape index (κ3) is 5.63. The lowest BCUT2D eigenvalue weighted by atomic mass is 10.2. The molecule has 134 valence electrons. The first-order valence-electron chi connectivity index (χ1n) is 8.19. The predicted octanol–water partition coefficient (Wildman–Crippen LogP) is 1.77. The van der Waals surface area contributed by atoms with E-state index in [0.29, 0.717) is 23.7 Å². The van der Waals surface area contributed by atoms with Crippen LogP contribution in [0.3, 0.4) is 0 Å². The van der Waals surface area contributed by atoms with Crippen molar-refractivity contribution in [1.29, 1.82) is 0 Å². The van der Waals surface area contributed by atoms with Crippen LogP contribution in [0, 0.1) is 0 Å². The number of hydrogen-bond acceptors (Lipinski definition) is 5. The fourth-order valence-electron chi connectivity index (χ4n) is 2.57. The lowest BCUT2D eigenvalue weighted by Crippen LogP contribution is -2.42. The van der Waals surface area contributed by atoms with Crippen LogP contribution in [0.4, 0.5) is 0 Å². The Labute approximate surface area is 147 Å². The maximum atomic E-state index is 11.7. The molecule has 0 radical (unpaired) electrons. The van der Waals surface area contributed by atoms with Crippen LogP contribution in [0.15, 0.2) is 36.0 Å². The molecule has 1 fully saturated rings. The third-order valence-corrected chi connectivity index (χ3v) is 3.82. The van der Waals surface area contributed by atoms with Gasteiger partial charge in [-0.15, -0.1) is 0 Å². The minimum Gasteiger partial charge on any atom is -0.493 e. The van der Waals surface area contributed by atoms with Crippen LogP contribution in [0.25, 0.3) is 0 Å². The van der Waals surface area contributed by atoms with Gasteiger partial charge in [0.25, 0.3) is 0 Å². The number of hydrazone groups is 1. The lowest BCUT2D eigenvalue weighted by Gasteiger charge is -2.10. The second kappa shape index (κ2) is 9.46. The molecule has 1 aromatic rings. The summed E-state index contributed by atoms with van der Waals surface area (Å²) in [6.07, 6.45) is 7.07. The Balaban J connectivity index is 1.88. The van der Waals surface area contributed by atoms with Crippen LogP contribution in [-0.4, -0.2) is 37.8 Å². The zero-order valence-electron chi connectivity index (χ0n) is 14.3. The zero-order valence-corrected chi connectivity index (χ0v) is 14.3. The van der Waals surface area contributed by atoms with Gasteiger partial charge in [-0.25, -0.2) is 5.43 Å². The second-order valence-corrected chi connectivity index (χ2v) is 5.66. The SMILES string of the molecule is C=CCOc1ccc(C=NNC(=O)C(=O)NC2CCCC2)cc1OC. The Bertz CT molecular complexity index is 652. The minimum absolute atomic E-state index is 0.0922. The molecule has 2 amide bonds. The summed E-state index contributed by atoms with van der Waals surface area (Å²) in [5.74, 6) is -0.313. The van der Waals surface area contributed by atoms with Gasteiger partial charge in [0.1, 0.15) is 6.61 Å². The highest BCUT2D eigenvalue weighted by molar-refractivity contribution is 6.35. The van der Waals surface area contributed by atoms with Gasteiger partial charge in [-0.1, -0.05) is 25.5 Å². The molecule has 7 heteroatoms. The van der Waals surface area contributed by atoms with E-state index in [1.54, 1.807) is 24.3 Å². The first kappa shape index (κ1) is 18.5. The monoisotopic (exact) mass is 345 g/mol. The fraction of sp³-hybridized carbons (Fsp3) is 0.389. The summed E-state index contributed by atoms with van der Waals surface area (Å²) < 4.78 is 10.7. The van der Waals surface area contributed by atoms with Gasteiger partial charge in [-0.2, -0.15) is 5.10 Å². The molecule has 2 rings (SSSR count). The number of ether oxygens (including phenoxy) is 2. The molecule has 1 aliphatic rings. The largest absolute Gasteiger partial charge is 0.493 e. The summed E-state index contributed by atoms with van der Waals surface area (Å²) in [4.78, 5) is 23.5. The Morgan fingerprint density at radius 1 is 1.28 bits per heavy atom. The van der Waals surface area contributed by atoms with E-state index in [1.165, 1.54) is 13.3 Å². The Kier molecular flexibility index (Phi) is 7.00. The highest BCUT2D eigenvalue weighted by Crippen LogP contribution is 2.27. The summed E-state index contributed by atoms with van der Waals surface area (Å²) in [6, 6.07) is 5.30. The van der Waals surface area contributed by atoms with Gasteiger partial charge in [0.05, 0.1) is 13.3 Å². The first-order valence-corrected chi connectivity index (χ1v) is 8.19. The van der Waals surface area contributed by atoms with Gasteiger partial charge < -0.3 is 14.8 Å². The molecule has 1 aliphatic carbocycles. The molecule has 1 aromatic carbocycles. The summed E-state index contributed by atoms with van der Waals surface area (Å²) in [5, 5.41) is 6.51. The molecule has 2 N–H and O–H groups in total. The molecule has 0 aromatic heterocycles. The second-order valence-electron chi connectivity index (χ2n) is 5.66. The van der Waals surface area contributed by atoms with Crippen LogP contribution >= 0.6 is 0 Å². The van der Waals surface area contributed by atoms with Crippen molar-refractivity contribution >= 4 is 18.0 Å². The fourth-order valence-corrected chi connectivity index (χ4v) is 2.57. The summed E-state index contributed by atoms with van der Waals surface area (Å²) >= 11 is 0. The first-order chi connectivity index (χ1) is 12.1. The molecule has 0 unspecified atom stereocenters. The maximum absolute atomic E-state index is 11.7. The van der Waals surface area contributed by atoms with E-state index in [-0.39, 0.29) is 6.04 Å². The van der Waals surface area contributed by atoms with Crippen molar-refractivity contribution in [2.45, 2.75) is 31.7 Å². The van der Waals surface area contributed by atoms with E-state index < -0.39 is 11.8 Å². The van der Waals surface area contributed by atoms with Gasteiger partial charge >= 0.3 is 11.8 Å². The molecular formula is C18H23N3O4. The smallest absolute Gasteiger partial charge is 0.329 e. The summed E-state index contributed by atoms with van der Waals surface area (Å²) in [5.41, 5.74) is 2.92. The molecule has 1 saturated carbocycles. The number of hydrogen-bond donors (Lipinski definition) is 2. The highest BCUT2D eigenvalue weighted by Gasteiger charge is 2.20. The van der Waals surface area contributed by atoms with Gasteiger partial charge in [0, 0.05) is 6.04 Å². The number of amides is 2. The summed E-state index contributed by atoms with van der Waals surface area (Å²) in [7, 11) is 1.53. The van der Waals surface area contributed by atoms with E-state index in [9.17, 15) is 9.59 Å². The van der Waals surface area contributed by atoms with Crippen LogP contribution < -0.4 is 20.2 Å². The molecule has 0 atom stereocenters. The van der Waals surface area contributed by atoms with Crippen molar-refractivity contribution in [1.82, 2.24) is 10.7 Å². The molecule has 0 bridgehead atoms. The quantitative estimate of drug-likeness (QED) is 0.341. The Morgan fingerprint density at radius 2 is 2.04 bits per heavy atom. The molecule has 0 spiro atoms. The number of nitrogens with one attached hydrogen (secondary N) is 2. The van der Waals surface area contributed by atoms with Crippen molar-refractivity contribution < 1.29 is 19.1 Å².